The Morgan fingerprint density at radius 3 is 2.94 bits per heavy atom. The topological polar surface area (TPSA) is 50.9 Å². The molecule has 1 saturated carbocycles. The average Bonchev–Trinajstić information content (AvgIpc) is 2.38. The van der Waals surface area contributed by atoms with Gasteiger partial charge in [0.25, 0.3) is 0 Å². The molecule has 0 radical (unpaired) electrons. The highest BCUT2D eigenvalue weighted by atomic mass is 32.2. The Bertz CT molecular complexity index is 324. The molecule has 4 heteroatoms. The first-order valence-electron chi connectivity index (χ1n) is 5.92. The number of hydrazine groups is 1. The first-order chi connectivity index (χ1) is 7.90. The van der Waals surface area contributed by atoms with Gasteiger partial charge in [0.05, 0.1) is 0 Å². The van der Waals surface area contributed by atoms with Crippen molar-refractivity contribution in [3.05, 3.63) is 23.9 Å². The monoisotopic (exact) mass is 237 g/mol. The number of hydrogen-bond donors (Lipinski definition) is 2. The van der Waals surface area contributed by atoms with Crippen LogP contribution in [-0.2, 0) is 5.75 Å². The van der Waals surface area contributed by atoms with E-state index in [1.807, 2.05) is 17.8 Å². The number of hydrogen-bond acceptors (Lipinski definition) is 4. The molecule has 1 heterocycles. The predicted molar refractivity (Wildman–Crippen MR) is 70.2 cm³/mol. The highest BCUT2D eigenvalue weighted by molar-refractivity contribution is 7.99. The predicted octanol–water partition coefficient (Wildman–Crippen LogP) is 2.93. The van der Waals surface area contributed by atoms with Crippen LogP contribution in [0.4, 0.5) is 5.82 Å². The van der Waals surface area contributed by atoms with Gasteiger partial charge in [-0.2, -0.15) is 11.8 Å². The number of aromatic nitrogens is 1. The second-order valence-corrected chi connectivity index (χ2v) is 5.52. The van der Waals surface area contributed by atoms with E-state index in [0.29, 0.717) is 0 Å². The molecular formula is C12H19N3S. The van der Waals surface area contributed by atoms with Crippen LogP contribution in [0.5, 0.6) is 0 Å². The van der Waals surface area contributed by atoms with Gasteiger partial charge in [0.15, 0.2) is 0 Å². The lowest BCUT2D eigenvalue weighted by molar-refractivity contribution is 0.516. The third kappa shape index (κ3) is 3.12. The Hall–Kier alpha value is -0.740. The zero-order valence-electron chi connectivity index (χ0n) is 9.48. The Morgan fingerprint density at radius 1 is 1.38 bits per heavy atom. The van der Waals surface area contributed by atoms with E-state index >= 15 is 0 Å². The molecule has 0 atom stereocenters. The van der Waals surface area contributed by atoms with Gasteiger partial charge >= 0.3 is 0 Å². The highest BCUT2D eigenvalue weighted by Crippen LogP contribution is 2.31. The molecule has 1 aromatic rings. The number of pyridine rings is 1. The molecule has 2 rings (SSSR count). The summed E-state index contributed by atoms with van der Waals surface area (Å²) in [7, 11) is 0. The van der Waals surface area contributed by atoms with Crippen molar-refractivity contribution < 1.29 is 0 Å². The van der Waals surface area contributed by atoms with Gasteiger partial charge < -0.3 is 5.43 Å². The summed E-state index contributed by atoms with van der Waals surface area (Å²) in [6.45, 7) is 0. The van der Waals surface area contributed by atoms with Crippen molar-refractivity contribution in [2.24, 2.45) is 5.84 Å². The van der Waals surface area contributed by atoms with Crippen molar-refractivity contribution in [1.82, 2.24) is 4.98 Å². The minimum absolute atomic E-state index is 0.811. The van der Waals surface area contributed by atoms with Crippen LogP contribution in [0.15, 0.2) is 18.3 Å². The Balaban J connectivity index is 1.88. The summed E-state index contributed by atoms with van der Waals surface area (Å²) in [5.74, 6) is 7.26. The fourth-order valence-corrected chi connectivity index (χ4v) is 3.44. The number of nitrogens with two attached hydrogens (primary N) is 1. The van der Waals surface area contributed by atoms with E-state index in [1.165, 1.54) is 37.7 Å². The summed E-state index contributed by atoms with van der Waals surface area (Å²) < 4.78 is 0. The van der Waals surface area contributed by atoms with Crippen molar-refractivity contribution in [2.75, 3.05) is 5.43 Å². The van der Waals surface area contributed by atoms with E-state index < -0.39 is 0 Å². The summed E-state index contributed by atoms with van der Waals surface area (Å²) in [5, 5.41) is 0.833. The molecule has 1 aliphatic carbocycles. The maximum absolute atomic E-state index is 5.44. The maximum atomic E-state index is 5.44. The fourth-order valence-electron chi connectivity index (χ4n) is 2.12. The molecular weight excluding hydrogens is 218 g/mol. The zero-order valence-corrected chi connectivity index (χ0v) is 10.3. The van der Waals surface area contributed by atoms with Gasteiger partial charge in [-0.25, -0.2) is 10.8 Å². The van der Waals surface area contributed by atoms with E-state index in [0.717, 1.165) is 16.8 Å². The molecule has 0 bridgehead atoms. The van der Waals surface area contributed by atoms with E-state index in [1.54, 1.807) is 6.20 Å². The van der Waals surface area contributed by atoms with E-state index in [4.69, 9.17) is 5.84 Å². The lowest BCUT2D eigenvalue weighted by Crippen LogP contribution is -2.12. The zero-order chi connectivity index (χ0) is 11.2. The first-order valence-corrected chi connectivity index (χ1v) is 6.97. The number of nitrogen functional groups attached to an aromatic ring is 1. The van der Waals surface area contributed by atoms with Crippen molar-refractivity contribution >= 4 is 17.6 Å². The highest BCUT2D eigenvalue weighted by Gasteiger charge is 2.14. The normalized spacial score (nSPS) is 17.3. The van der Waals surface area contributed by atoms with Crippen LogP contribution < -0.4 is 11.3 Å². The Labute approximate surface area is 101 Å². The average molecular weight is 237 g/mol. The molecule has 0 aromatic carbocycles. The standard InChI is InChI=1S/C12H19N3S/c13-15-12-10(5-4-8-14-12)9-16-11-6-2-1-3-7-11/h4-5,8,11H,1-3,6-7,9,13H2,(H,14,15). The van der Waals surface area contributed by atoms with Crippen molar-refractivity contribution in [3.8, 4) is 0 Å². The van der Waals surface area contributed by atoms with Crippen LogP contribution in [-0.4, -0.2) is 10.2 Å². The van der Waals surface area contributed by atoms with Crippen molar-refractivity contribution in [1.29, 1.82) is 0 Å². The van der Waals surface area contributed by atoms with Gasteiger partial charge in [-0.1, -0.05) is 25.3 Å². The molecule has 0 unspecified atom stereocenters. The Kier molecular flexibility index (Phi) is 4.48. The summed E-state index contributed by atoms with van der Waals surface area (Å²) in [6, 6.07) is 4.07. The molecule has 0 amide bonds. The van der Waals surface area contributed by atoms with Gasteiger partial charge in [-0.3, -0.25) is 0 Å². The molecule has 0 spiro atoms. The maximum Gasteiger partial charge on any atom is 0.143 e. The lowest BCUT2D eigenvalue weighted by Gasteiger charge is -2.21. The molecule has 3 nitrogen and oxygen atoms in total. The summed E-state index contributed by atoms with van der Waals surface area (Å²) in [5.41, 5.74) is 3.87. The van der Waals surface area contributed by atoms with E-state index in [9.17, 15) is 0 Å². The van der Waals surface area contributed by atoms with Crippen LogP contribution in [0.2, 0.25) is 0 Å². The first kappa shape index (κ1) is 11.7. The smallest absolute Gasteiger partial charge is 0.143 e. The van der Waals surface area contributed by atoms with E-state index in [-0.39, 0.29) is 0 Å². The third-order valence-electron chi connectivity index (χ3n) is 3.05. The van der Waals surface area contributed by atoms with Gasteiger partial charge in [-0.15, -0.1) is 0 Å². The molecule has 1 fully saturated rings. The minimum Gasteiger partial charge on any atom is -0.308 e. The van der Waals surface area contributed by atoms with Crippen LogP contribution >= 0.6 is 11.8 Å². The number of thioether (sulfide) groups is 1. The molecule has 0 aliphatic heterocycles. The number of nitrogens with one attached hydrogen (secondary N) is 1. The fraction of sp³-hybridized carbons (Fsp3) is 0.583. The molecule has 0 saturated heterocycles. The van der Waals surface area contributed by atoms with Crippen LogP contribution in [0.1, 0.15) is 37.7 Å². The molecule has 16 heavy (non-hydrogen) atoms. The van der Waals surface area contributed by atoms with Gasteiger partial charge in [0.1, 0.15) is 5.82 Å². The molecule has 1 aromatic heterocycles. The third-order valence-corrected chi connectivity index (χ3v) is 4.48. The second-order valence-electron chi connectivity index (χ2n) is 4.23. The molecule has 1 aliphatic rings. The van der Waals surface area contributed by atoms with Crippen molar-refractivity contribution in [2.45, 2.75) is 43.1 Å². The molecule has 88 valence electrons. The number of nitrogens with zero attached hydrogens (tertiary/aromatic N) is 1. The lowest BCUT2D eigenvalue weighted by atomic mass is 10.0. The number of anilines is 1. The quantitative estimate of drug-likeness (QED) is 0.624. The van der Waals surface area contributed by atoms with Crippen LogP contribution in [0.25, 0.3) is 0 Å². The van der Waals surface area contributed by atoms with Crippen molar-refractivity contribution in [3.63, 3.8) is 0 Å². The Morgan fingerprint density at radius 2 is 2.19 bits per heavy atom. The van der Waals surface area contributed by atoms with Gasteiger partial charge in [0, 0.05) is 22.8 Å². The SMILES string of the molecule is NNc1ncccc1CSC1CCCCC1. The number of rotatable bonds is 4. The summed E-state index contributed by atoms with van der Waals surface area (Å²) in [4.78, 5) is 4.21. The van der Waals surface area contributed by atoms with Crippen LogP contribution in [0.3, 0.4) is 0 Å². The van der Waals surface area contributed by atoms with E-state index in [2.05, 4.69) is 16.5 Å². The second kappa shape index (κ2) is 6.11. The van der Waals surface area contributed by atoms with Crippen LogP contribution in [0, 0.1) is 0 Å². The largest absolute Gasteiger partial charge is 0.308 e. The minimum atomic E-state index is 0.811. The van der Waals surface area contributed by atoms with Gasteiger partial charge in [-0.05, 0) is 18.9 Å². The van der Waals surface area contributed by atoms with Gasteiger partial charge in [0.2, 0.25) is 0 Å². The summed E-state index contributed by atoms with van der Waals surface area (Å²) >= 11 is 2.04. The summed E-state index contributed by atoms with van der Waals surface area (Å²) in [6.07, 6.45) is 8.72. The molecule has 3 N–H and O–H groups in total.